The number of carbonyl (C=O) groups is 1. The summed E-state index contributed by atoms with van der Waals surface area (Å²) in [5.74, 6) is -0.0642. The Hall–Kier alpha value is -3.10. The molecule has 0 spiro atoms. The number of nitrogens with zero attached hydrogens (tertiary/aromatic N) is 4. The van der Waals surface area contributed by atoms with Crippen molar-refractivity contribution in [3.8, 4) is 0 Å². The summed E-state index contributed by atoms with van der Waals surface area (Å²) in [5, 5.41) is 5.46. The summed E-state index contributed by atoms with van der Waals surface area (Å²) < 4.78 is 7.91. The molecular formula is C21H20N4O3S. The number of anilines is 1. The van der Waals surface area contributed by atoms with Crippen LogP contribution in [0.4, 0.5) is 5.13 Å². The highest BCUT2D eigenvalue weighted by Gasteiger charge is 2.19. The predicted octanol–water partition coefficient (Wildman–Crippen LogP) is 3.08. The first-order chi connectivity index (χ1) is 14.2. The molecule has 0 atom stereocenters. The number of benzene rings is 2. The zero-order valence-electron chi connectivity index (χ0n) is 15.9. The molecule has 0 bridgehead atoms. The fraction of sp³-hybridized carbons (Fsp3) is 0.238. The molecule has 0 saturated carbocycles. The summed E-state index contributed by atoms with van der Waals surface area (Å²) in [4.78, 5) is 31.3. The standard InChI is InChI=1S/C21H20N4O3S/c1-28-13-12-24(21-23-16-7-3-5-9-19(16)29-21)20(27)10-11-25-17-8-4-2-6-15(17)18(26)14-22-25/h2-9,14H,10-13H2,1H3. The van der Waals surface area contributed by atoms with Crippen LogP contribution in [0.2, 0.25) is 0 Å². The van der Waals surface area contributed by atoms with E-state index in [-0.39, 0.29) is 17.8 Å². The number of ether oxygens (including phenoxy) is 1. The minimum absolute atomic E-state index is 0.0642. The molecule has 4 aromatic rings. The summed E-state index contributed by atoms with van der Waals surface area (Å²) in [6.45, 7) is 1.21. The van der Waals surface area contributed by atoms with E-state index >= 15 is 0 Å². The molecule has 0 radical (unpaired) electrons. The van der Waals surface area contributed by atoms with Gasteiger partial charge in [0.05, 0.1) is 41.6 Å². The van der Waals surface area contributed by atoms with Gasteiger partial charge in [-0.05, 0) is 24.3 Å². The van der Waals surface area contributed by atoms with E-state index < -0.39 is 0 Å². The number of aromatic nitrogens is 3. The molecule has 0 unspecified atom stereocenters. The molecule has 2 aromatic heterocycles. The average molecular weight is 408 g/mol. The van der Waals surface area contributed by atoms with Crippen molar-refractivity contribution in [2.45, 2.75) is 13.0 Å². The zero-order valence-corrected chi connectivity index (χ0v) is 16.8. The van der Waals surface area contributed by atoms with Gasteiger partial charge >= 0.3 is 0 Å². The summed E-state index contributed by atoms with van der Waals surface area (Å²) >= 11 is 1.49. The lowest BCUT2D eigenvalue weighted by Crippen LogP contribution is -2.34. The normalized spacial score (nSPS) is 11.2. The Morgan fingerprint density at radius 3 is 2.79 bits per heavy atom. The van der Waals surface area contributed by atoms with Crippen molar-refractivity contribution in [3.05, 3.63) is 65.0 Å². The molecule has 0 aliphatic rings. The van der Waals surface area contributed by atoms with Crippen LogP contribution >= 0.6 is 11.3 Å². The SMILES string of the molecule is COCCN(C(=O)CCn1ncc(=O)c2ccccc21)c1nc2ccccc2s1. The molecule has 0 aliphatic carbocycles. The molecule has 1 amide bonds. The van der Waals surface area contributed by atoms with Gasteiger partial charge in [-0.3, -0.25) is 19.2 Å². The molecule has 0 aliphatic heterocycles. The molecule has 29 heavy (non-hydrogen) atoms. The molecule has 0 fully saturated rings. The molecular weight excluding hydrogens is 388 g/mol. The summed E-state index contributed by atoms with van der Waals surface area (Å²) in [6.07, 6.45) is 1.53. The number of para-hydroxylation sites is 2. The van der Waals surface area contributed by atoms with Gasteiger partial charge in [-0.15, -0.1) is 0 Å². The van der Waals surface area contributed by atoms with Gasteiger partial charge in [-0.1, -0.05) is 35.6 Å². The Morgan fingerprint density at radius 2 is 1.97 bits per heavy atom. The maximum absolute atomic E-state index is 13.0. The fourth-order valence-electron chi connectivity index (χ4n) is 3.16. The van der Waals surface area contributed by atoms with E-state index in [4.69, 9.17) is 4.74 Å². The quantitative estimate of drug-likeness (QED) is 0.470. The van der Waals surface area contributed by atoms with Crippen LogP contribution in [0.1, 0.15) is 6.42 Å². The van der Waals surface area contributed by atoms with Crippen molar-refractivity contribution in [3.63, 3.8) is 0 Å². The monoisotopic (exact) mass is 408 g/mol. The fourth-order valence-corrected chi connectivity index (χ4v) is 4.17. The largest absolute Gasteiger partial charge is 0.383 e. The van der Waals surface area contributed by atoms with E-state index in [0.717, 1.165) is 15.7 Å². The van der Waals surface area contributed by atoms with Gasteiger partial charge in [0, 0.05) is 18.9 Å². The molecule has 8 heteroatoms. The van der Waals surface area contributed by atoms with Crippen molar-refractivity contribution in [2.24, 2.45) is 0 Å². The number of hydrogen-bond acceptors (Lipinski definition) is 6. The number of thiazole rings is 1. The van der Waals surface area contributed by atoms with Gasteiger partial charge in [0.1, 0.15) is 0 Å². The second-order valence-corrected chi connectivity index (χ2v) is 7.51. The van der Waals surface area contributed by atoms with E-state index in [1.165, 1.54) is 17.5 Å². The van der Waals surface area contributed by atoms with Crippen LogP contribution in [0.3, 0.4) is 0 Å². The Morgan fingerprint density at radius 1 is 1.17 bits per heavy atom. The lowest BCUT2D eigenvalue weighted by molar-refractivity contribution is -0.119. The van der Waals surface area contributed by atoms with Crippen LogP contribution in [0.5, 0.6) is 0 Å². The highest BCUT2D eigenvalue weighted by Crippen LogP contribution is 2.29. The third-order valence-corrected chi connectivity index (χ3v) is 5.69. The number of aryl methyl sites for hydroxylation is 1. The van der Waals surface area contributed by atoms with E-state index in [9.17, 15) is 9.59 Å². The van der Waals surface area contributed by atoms with Gasteiger partial charge in [-0.25, -0.2) is 4.98 Å². The highest BCUT2D eigenvalue weighted by molar-refractivity contribution is 7.22. The number of hydrogen-bond donors (Lipinski definition) is 0. The van der Waals surface area contributed by atoms with Crippen molar-refractivity contribution >= 4 is 43.5 Å². The number of methoxy groups -OCH3 is 1. The first-order valence-electron chi connectivity index (χ1n) is 9.27. The minimum atomic E-state index is -0.126. The van der Waals surface area contributed by atoms with Crippen LogP contribution in [-0.2, 0) is 16.1 Å². The van der Waals surface area contributed by atoms with E-state index in [0.29, 0.717) is 30.2 Å². The van der Waals surface area contributed by atoms with Gasteiger partial charge in [0.15, 0.2) is 5.13 Å². The second kappa shape index (κ2) is 8.50. The number of amides is 1. The Labute approximate surface area is 171 Å². The number of rotatable bonds is 7. The topological polar surface area (TPSA) is 77.3 Å². The Kier molecular flexibility index (Phi) is 5.64. The highest BCUT2D eigenvalue weighted by atomic mass is 32.1. The lowest BCUT2D eigenvalue weighted by Gasteiger charge is -2.20. The predicted molar refractivity (Wildman–Crippen MR) is 114 cm³/mol. The first-order valence-corrected chi connectivity index (χ1v) is 10.1. The maximum Gasteiger partial charge on any atom is 0.230 e. The third-order valence-electron chi connectivity index (χ3n) is 4.63. The van der Waals surface area contributed by atoms with Crippen molar-refractivity contribution in [2.75, 3.05) is 25.2 Å². The van der Waals surface area contributed by atoms with E-state index in [1.807, 2.05) is 42.5 Å². The van der Waals surface area contributed by atoms with Crippen molar-refractivity contribution in [1.82, 2.24) is 14.8 Å². The molecule has 0 saturated heterocycles. The van der Waals surface area contributed by atoms with E-state index in [2.05, 4.69) is 10.1 Å². The van der Waals surface area contributed by atoms with Crippen molar-refractivity contribution in [1.29, 1.82) is 0 Å². The van der Waals surface area contributed by atoms with Crippen LogP contribution in [0.25, 0.3) is 21.1 Å². The zero-order chi connectivity index (χ0) is 20.2. The maximum atomic E-state index is 13.0. The Bertz CT molecular complexity index is 1180. The second-order valence-electron chi connectivity index (χ2n) is 6.50. The van der Waals surface area contributed by atoms with Crippen molar-refractivity contribution < 1.29 is 9.53 Å². The van der Waals surface area contributed by atoms with Crippen LogP contribution in [0, 0.1) is 0 Å². The molecule has 0 N–H and O–H groups in total. The molecule has 7 nitrogen and oxygen atoms in total. The summed E-state index contributed by atoms with van der Waals surface area (Å²) in [6, 6.07) is 15.1. The molecule has 4 rings (SSSR count). The summed E-state index contributed by atoms with van der Waals surface area (Å²) in [5.41, 5.74) is 1.46. The minimum Gasteiger partial charge on any atom is -0.383 e. The van der Waals surface area contributed by atoms with Gasteiger partial charge in [0.2, 0.25) is 11.3 Å². The molecule has 2 aromatic carbocycles. The molecule has 148 valence electrons. The third kappa shape index (κ3) is 4.03. The average Bonchev–Trinajstić information content (AvgIpc) is 3.17. The van der Waals surface area contributed by atoms with E-state index in [1.54, 1.807) is 22.8 Å². The lowest BCUT2D eigenvalue weighted by atomic mass is 10.2. The number of carbonyl (C=O) groups excluding carboxylic acids is 1. The summed E-state index contributed by atoms with van der Waals surface area (Å²) in [7, 11) is 1.61. The smallest absolute Gasteiger partial charge is 0.230 e. The van der Waals surface area contributed by atoms with Crippen LogP contribution in [0.15, 0.2) is 59.5 Å². The number of fused-ring (bicyclic) bond motifs is 2. The first kappa shape index (κ1) is 19.2. The van der Waals surface area contributed by atoms with Crippen LogP contribution in [-0.4, -0.2) is 40.9 Å². The molecule has 2 heterocycles. The van der Waals surface area contributed by atoms with Gasteiger partial charge < -0.3 is 4.74 Å². The van der Waals surface area contributed by atoms with Gasteiger partial charge in [0.25, 0.3) is 0 Å². The Balaban J connectivity index is 1.57. The van der Waals surface area contributed by atoms with Crippen LogP contribution < -0.4 is 10.3 Å². The van der Waals surface area contributed by atoms with Gasteiger partial charge in [-0.2, -0.15) is 5.10 Å².